The minimum Gasteiger partial charge on any atom is -0.481 e. The Morgan fingerprint density at radius 2 is 1.81 bits per heavy atom. The summed E-state index contributed by atoms with van der Waals surface area (Å²) in [5.41, 5.74) is -3.35. The van der Waals surface area contributed by atoms with E-state index in [1.54, 1.807) is 18.3 Å². The third-order valence-electron chi connectivity index (χ3n) is 5.38. The third-order valence-corrected chi connectivity index (χ3v) is 6.88. The minimum absolute atomic E-state index is 0.329. The molecular formula is C23H25F3N2O6S2. The standard InChI is InChI=1S/C22H24N2O3S.CHF3O3S/c1-15(21(25)26)14-24(17-8-9-17)13-12-16-6-10-18(11-7-16)27-22-23-19-4-2-3-5-20(19)28-22;2-1(3,4)8(5,6)7/h2-7,10-11,15,17H,8-9,12-14H2,1H3,(H,25,26);(H,5,6,7). The molecule has 1 atom stereocenters. The molecule has 1 fully saturated rings. The van der Waals surface area contributed by atoms with Gasteiger partial charge in [-0.15, -0.1) is 0 Å². The fraction of sp³-hybridized carbons (Fsp3) is 0.391. The highest BCUT2D eigenvalue weighted by Crippen LogP contribution is 2.31. The summed E-state index contributed by atoms with van der Waals surface area (Å²) in [4.78, 5) is 18.0. The second-order valence-corrected chi connectivity index (χ2v) is 10.7. The number of carboxylic acids is 1. The van der Waals surface area contributed by atoms with Gasteiger partial charge >= 0.3 is 21.6 Å². The van der Waals surface area contributed by atoms with Gasteiger partial charge in [0.05, 0.1) is 16.1 Å². The zero-order valence-electron chi connectivity index (χ0n) is 19.2. The van der Waals surface area contributed by atoms with Crippen molar-refractivity contribution in [1.29, 1.82) is 0 Å². The summed E-state index contributed by atoms with van der Waals surface area (Å²) < 4.78 is 64.6. The number of carbonyl (C=O) groups is 1. The van der Waals surface area contributed by atoms with Crippen LogP contribution in [0.15, 0.2) is 48.5 Å². The molecule has 0 bridgehead atoms. The average molecular weight is 547 g/mol. The Morgan fingerprint density at radius 1 is 1.19 bits per heavy atom. The van der Waals surface area contributed by atoms with Crippen LogP contribution < -0.4 is 4.74 Å². The van der Waals surface area contributed by atoms with Crippen LogP contribution in [0.5, 0.6) is 10.9 Å². The lowest BCUT2D eigenvalue weighted by molar-refractivity contribution is -0.141. The van der Waals surface area contributed by atoms with Crippen LogP contribution in [0.25, 0.3) is 10.2 Å². The zero-order chi connectivity index (χ0) is 26.5. The molecule has 0 saturated heterocycles. The number of rotatable bonds is 9. The fourth-order valence-electron chi connectivity index (χ4n) is 3.28. The number of alkyl halides is 3. The molecular weight excluding hydrogens is 521 g/mol. The van der Waals surface area contributed by atoms with Crippen molar-refractivity contribution in [2.75, 3.05) is 13.1 Å². The van der Waals surface area contributed by atoms with Crippen molar-refractivity contribution in [1.82, 2.24) is 9.88 Å². The van der Waals surface area contributed by atoms with Gasteiger partial charge in [-0.2, -0.15) is 21.6 Å². The first-order valence-electron chi connectivity index (χ1n) is 11.0. The minimum atomic E-state index is -5.84. The molecule has 1 aromatic heterocycles. The molecule has 1 aliphatic carbocycles. The van der Waals surface area contributed by atoms with Crippen LogP contribution in [0.3, 0.4) is 0 Å². The van der Waals surface area contributed by atoms with Crippen LogP contribution in [0.4, 0.5) is 13.2 Å². The van der Waals surface area contributed by atoms with Crippen LogP contribution in [0.1, 0.15) is 25.3 Å². The first-order chi connectivity index (χ1) is 16.8. The number of para-hydroxylation sites is 1. The molecule has 196 valence electrons. The molecule has 4 rings (SSSR count). The van der Waals surface area contributed by atoms with E-state index in [1.165, 1.54) is 18.4 Å². The summed E-state index contributed by atoms with van der Waals surface area (Å²) in [7, 11) is -5.84. The molecule has 3 aromatic rings. The quantitative estimate of drug-likeness (QED) is 0.278. The summed E-state index contributed by atoms with van der Waals surface area (Å²) in [6.07, 6.45) is 3.27. The number of aromatic nitrogens is 1. The molecule has 1 saturated carbocycles. The SMILES string of the molecule is CC(CN(CCc1ccc(Oc2nc3ccccc3s2)cc1)C1CC1)C(=O)O.O=S(=O)(O)C(F)(F)F. The molecule has 0 radical (unpaired) electrons. The fourth-order valence-corrected chi connectivity index (χ4v) is 4.12. The highest BCUT2D eigenvalue weighted by molar-refractivity contribution is 7.86. The van der Waals surface area contributed by atoms with Gasteiger partial charge in [-0.1, -0.05) is 42.5 Å². The second kappa shape index (κ2) is 11.5. The van der Waals surface area contributed by atoms with Crippen molar-refractivity contribution in [3.63, 3.8) is 0 Å². The second-order valence-electron chi connectivity index (χ2n) is 8.33. The lowest BCUT2D eigenvalue weighted by Gasteiger charge is -2.24. The monoisotopic (exact) mass is 546 g/mol. The number of hydrogen-bond donors (Lipinski definition) is 2. The third kappa shape index (κ3) is 8.15. The molecule has 2 aromatic carbocycles. The maximum Gasteiger partial charge on any atom is 0.522 e. The zero-order valence-corrected chi connectivity index (χ0v) is 20.8. The first-order valence-corrected chi connectivity index (χ1v) is 13.2. The topological polar surface area (TPSA) is 117 Å². The predicted molar refractivity (Wildman–Crippen MR) is 129 cm³/mol. The lowest BCUT2D eigenvalue weighted by atomic mass is 10.1. The average Bonchev–Trinajstić information content (AvgIpc) is 3.56. The van der Waals surface area contributed by atoms with E-state index >= 15 is 0 Å². The van der Waals surface area contributed by atoms with Gasteiger partial charge in [0.15, 0.2) is 0 Å². The Morgan fingerprint density at radius 3 is 2.33 bits per heavy atom. The summed E-state index contributed by atoms with van der Waals surface area (Å²) in [6.45, 7) is 3.30. The van der Waals surface area contributed by atoms with Crippen LogP contribution >= 0.6 is 11.3 Å². The summed E-state index contributed by atoms with van der Waals surface area (Å²) in [5.74, 6) is -0.270. The summed E-state index contributed by atoms with van der Waals surface area (Å²) in [6, 6.07) is 16.7. The molecule has 1 unspecified atom stereocenters. The van der Waals surface area contributed by atoms with Gasteiger partial charge in [0.1, 0.15) is 5.75 Å². The van der Waals surface area contributed by atoms with Gasteiger partial charge in [0.25, 0.3) is 5.19 Å². The Labute approximate surface area is 210 Å². The van der Waals surface area contributed by atoms with Crippen LogP contribution in [0, 0.1) is 5.92 Å². The summed E-state index contributed by atoms with van der Waals surface area (Å²) in [5, 5.41) is 9.82. The first kappa shape index (κ1) is 27.8. The highest BCUT2D eigenvalue weighted by atomic mass is 32.2. The number of hydrogen-bond acceptors (Lipinski definition) is 7. The maximum atomic E-state index is 11.2. The van der Waals surface area contributed by atoms with Gasteiger partial charge in [0, 0.05) is 19.1 Å². The number of ether oxygens (including phenoxy) is 1. The molecule has 0 aliphatic heterocycles. The number of thiazole rings is 1. The van der Waals surface area contributed by atoms with Crippen molar-refractivity contribution in [3.8, 4) is 10.9 Å². The molecule has 0 spiro atoms. The van der Waals surface area contributed by atoms with E-state index in [1.807, 2.05) is 36.4 Å². The van der Waals surface area contributed by atoms with E-state index < -0.39 is 21.6 Å². The van der Waals surface area contributed by atoms with Crippen molar-refractivity contribution in [3.05, 3.63) is 54.1 Å². The number of fused-ring (bicyclic) bond motifs is 1. The van der Waals surface area contributed by atoms with Gasteiger partial charge in [0.2, 0.25) is 0 Å². The Kier molecular flexibility index (Phi) is 8.93. The number of aliphatic carboxylic acids is 1. The van der Waals surface area contributed by atoms with Crippen LogP contribution in [-0.4, -0.2) is 58.6 Å². The lowest BCUT2D eigenvalue weighted by Crippen LogP contribution is -2.35. The van der Waals surface area contributed by atoms with E-state index in [9.17, 15) is 23.1 Å². The van der Waals surface area contributed by atoms with Gasteiger partial charge in [-0.05, 0) is 49.1 Å². The Hall–Kier alpha value is -2.74. The van der Waals surface area contributed by atoms with Crippen molar-refractivity contribution in [2.24, 2.45) is 5.92 Å². The smallest absolute Gasteiger partial charge is 0.481 e. The Balaban J connectivity index is 0.000000392. The molecule has 1 heterocycles. The van der Waals surface area contributed by atoms with E-state index in [2.05, 4.69) is 22.0 Å². The van der Waals surface area contributed by atoms with Gasteiger partial charge in [-0.3, -0.25) is 14.2 Å². The number of halogens is 3. The molecule has 8 nitrogen and oxygen atoms in total. The van der Waals surface area contributed by atoms with Crippen molar-refractivity contribution in [2.45, 2.75) is 37.7 Å². The van der Waals surface area contributed by atoms with Crippen molar-refractivity contribution >= 4 is 37.6 Å². The van der Waals surface area contributed by atoms with Crippen LogP contribution in [-0.2, 0) is 21.3 Å². The highest BCUT2D eigenvalue weighted by Gasteiger charge is 2.44. The predicted octanol–water partition coefficient (Wildman–Crippen LogP) is 5.21. The van der Waals surface area contributed by atoms with Gasteiger partial charge in [-0.25, -0.2) is 4.98 Å². The van der Waals surface area contributed by atoms with E-state index in [4.69, 9.17) is 17.7 Å². The summed E-state index contributed by atoms with van der Waals surface area (Å²) >= 11 is 1.54. The normalized spacial score (nSPS) is 14.8. The number of carboxylic acid groups (broad SMARTS) is 1. The molecule has 0 amide bonds. The molecule has 2 N–H and O–H groups in total. The number of benzene rings is 2. The number of nitrogens with zero attached hydrogens (tertiary/aromatic N) is 2. The largest absolute Gasteiger partial charge is 0.522 e. The maximum absolute atomic E-state index is 11.2. The van der Waals surface area contributed by atoms with E-state index in [-0.39, 0.29) is 5.92 Å². The Bertz CT molecular complexity index is 1240. The van der Waals surface area contributed by atoms with Gasteiger partial charge < -0.3 is 9.84 Å². The van der Waals surface area contributed by atoms with Crippen LogP contribution in [0.2, 0.25) is 0 Å². The molecule has 13 heteroatoms. The van der Waals surface area contributed by atoms with E-state index in [0.29, 0.717) is 17.8 Å². The van der Waals surface area contributed by atoms with E-state index in [0.717, 1.165) is 28.9 Å². The molecule has 1 aliphatic rings. The van der Waals surface area contributed by atoms with Crippen molar-refractivity contribution < 1.29 is 40.8 Å². The molecule has 36 heavy (non-hydrogen) atoms.